The Balaban J connectivity index is 1.46. The molecule has 1 atom stereocenters. The maximum Gasteiger partial charge on any atom is 0.237 e. The third kappa shape index (κ3) is 4.93. The fourth-order valence-corrected chi connectivity index (χ4v) is 4.56. The zero-order valence-electron chi connectivity index (χ0n) is 16.3. The van der Waals surface area contributed by atoms with Gasteiger partial charge in [0.2, 0.25) is 5.91 Å². The summed E-state index contributed by atoms with van der Waals surface area (Å²) in [4.78, 5) is 15.0. The number of carbonyl (C=O) groups is 1. The topological polar surface area (TPSA) is 59.8 Å². The van der Waals surface area contributed by atoms with E-state index in [4.69, 9.17) is 0 Å². The summed E-state index contributed by atoms with van der Waals surface area (Å²) in [5.74, 6) is -0.0799. The molecule has 0 aliphatic rings. The van der Waals surface area contributed by atoms with Gasteiger partial charge >= 0.3 is 0 Å². The molecule has 7 heteroatoms. The van der Waals surface area contributed by atoms with Crippen LogP contribution in [0.3, 0.4) is 0 Å². The van der Waals surface area contributed by atoms with E-state index < -0.39 is 0 Å². The smallest absolute Gasteiger partial charge is 0.237 e. The molecule has 0 spiro atoms. The first-order chi connectivity index (χ1) is 14.7. The molecule has 1 heterocycles. The molecule has 4 rings (SSSR count). The molecule has 3 aromatic carbocycles. The van der Waals surface area contributed by atoms with Crippen LogP contribution >= 0.6 is 23.5 Å². The largest absolute Gasteiger partial charge is 0.324 e. The van der Waals surface area contributed by atoms with Crippen LogP contribution in [0.5, 0.6) is 0 Å². The van der Waals surface area contributed by atoms with Crippen molar-refractivity contribution in [1.82, 2.24) is 14.8 Å². The van der Waals surface area contributed by atoms with Gasteiger partial charge in [0.25, 0.3) is 0 Å². The number of nitrogens with one attached hydrogen (secondary N) is 1. The Kier molecular flexibility index (Phi) is 6.51. The Morgan fingerprint density at radius 3 is 2.37 bits per heavy atom. The van der Waals surface area contributed by atoms with Crippen molar-refractivity contribution in [2.24, 2.45) is 0 Å². The minimum atomic E-state index is -0.341. The number of benzene rings is 3. The summed E-state index contributed by atoms with van der Waals surface area (Å²) < 4.78 is 1.88. The number of nitrogens with zero attached hydrogens (tertiary/aromatic N) is 3. The molecule has 5 nitrogen and oxygen atoms in total. The lowest BCUT2D eigenvalue weighted by molar-refractivity contribution is -0.115. The van der Waals surface area contributed by atoms with Gasteiger partial charge in [-0.25, -0.2) is 0 Å². The lowest BCUT2D eigenvalue weighted by Gasteiger charge is -2.15. The Bertz CT molecular complexity index is 1120. The summed E-state index contributed by atoms with van der Waals surface area (Å²) in [6.45, 7) is 1.87. The summed E-state index contributed by atoms with van der Waals surface area (Å²) in [7, 11) is 0. The molecule has 0 saturated heterocycles. The van der Waals surface area contributed by atoms with E-state index in [9.17, 15) is 4.79 Å². The second-order valence-corrected chi connectivity index (χ2v) is 8.90. The van der Waals surface area contributed by atoms with E-state index in [-0.39, 0.29) is 11.2 Å². The van der Waals surface area contributed by atoms with Gasteiger partial charge in [-0.2, -0.15) is 0 Å². The highest BCUT2D eigenvalue weighted by atomic mass is 32.2. The van der Waals surface area contributed by atoms with Crippen molar-refractivity contribution in [1.29, 1.82) is 0 Å². The van der Waals surface area contributed by atoms with E-state index in [0.717, 1.165) is 21.2 Å². The number of rotatable bonds is 7. The molecule has 0 fully saturated rings. The van der Waals surface area contributed by atoms with Crippen molar-refractivity contribution in [2.45, 2.75) is 27.1 Å². The predicted octanol–water partition coefficient (Wildman–Crippen LogP) is 5.54. The molecule has 0 radical (unpaired) electrons. The molecule has 1 unspecified atom stereocenters. The third-order valence-corrected chi connectivity index (χ3v) is 6.46. The Morgan fingerprint density at radius 1 is 0.933 bits per heavy atom. The number of amides is 1. The van der Waals surface area contributed by atoms with Crippen LogP contribution in [0.1, 0.15) is 6.92 Å². The van der Waals surface area contributed by atoms with Crippen molar-refractivity contribution in [3.8, 4) is 5.69 Å². The summed E-state index contributed by atoms with van der Waals surface area (Å²) in [5, 5.41) is 11.6. The number of thioether (sulfide) groups is 1. The maximum atomic E-state index is 12.9. The third-order valence-electron chi connectivity index (χ3n) is 4.32. The number of aromatic nitrogens is 3. The zero-order valence-corrected chi connectivity index (χ0v) is 17.9. The van der Waals surface area contributed by atoms with E-state index in [0.29, 0.717) is 5.16 Å². The fourth-order valence-electron chi connectivity index (χ4n) is 2.79. The monoisotopic (exact) mass is 432 g/mol. The van der Waals surface area contributed by atoms with Gasteiger partial charge in [0.15, 0.2) is 5.16 Å². The second-order valence-electron chi connectivity index (χ2n) is 6.48. The first kappa shape index (κ1) is 20.3. The SMILES string of the molecule is CC(Sc1nncn1-c1ccccc1)C(=O)Nc1ccccc1Sc1ccccc1. The molecule has 0 aliphatic carbocycles. The molecular weight excluding hydrogens is 412 g/mol. The normalized spacial score (nSPS) is 11.8. The number of anilines is 1. The van der Waals surface area contributed by atoms with Gasteiger partial charge in [-0.3, -0.25) is 9.36 Å². The Hall–Kier alpha value is -3.03. The highest BCUT2D eigenvalue weighted by Crippen LogP contribution is 2.34. The Morgan fingerprint density at radius 2 is 1.60 bits per heavy atom. The van der Waals surface area contributed by atoms with E-state index in [1.165, 1.54) is 11.8 Å². The van der Waals surface area contributed by atoms with Crippen LogP contribution in [-0.4, -0.2) is 25.9 Å². The molecule has 0 aliphatic heterocycles. The molecule has 0 saturated carbocycles. The molecule has 30 heavy (non-hydrogen) atoms. The van der Waals surface area contributed by atoms with Gasteiger partial charge < -0.3 is 5.32 Å². The summed E-state index contributed by atoms with van der Waals surface area (Å²) in [6.07, 6.45) is 1.66. The molecule has 1 amide bonds. The standard InChI is InChI=1S/C23H20N4OS2/c1-17(29-23-26-24-16-27(23)18-10-4-2-5-11-18)22(28)25-20-14-8-9-15-21(20)30-19-12-6-3-7-13-19/h2-17H,1H3,(H,25,28). The highest BCUT2D eigenvalue weighted by molar-refractivity contribution is 8.00. The van der Waals surface area contributed by atoms with Crippen molar-refractivity contribution in [2.75, 3.05) is 5.32 Å². The van der Waals surface area contributed by atoms with Crippen LogP contribution in [0, 0.1) is 0 Å². The zero-order chi connectivity index (χ0) is 20.8. The summed E-state index contributed by atoms with van der Waals surface area (Å²) in [5.41, 5.74) is 1.76. The fraction of sp³-hybridized carbons (Fsp3) is 0.0870. The van der Waals surface area contributed by atoms with Gasteiger partial charge in [-0.1, -0.05) is 72.1 Å². The first-order valence-electron chi connectivity index (χ1n) is 9.45. The minimum absolute atomic E-state index is 0.0799. The van der Waals surface area contributed by atoms with Crippen LogP contribution < -0.4 is 5.32 Å². The van der Waals surface area contributed by atoms with Crippen LogP contribution in [-0.2, 0) is 4.79 Å². The summed E-state index contributed by atoms with van der Waals surface area (Å²) in [6, 6.07) is 27.8. The van der Waals surface area contributed by atoms with Crippen LogP contribution in [0.15, 0.2) is 106 Å². The average Bonchev–Trinajstić information content (AvgIpc) is 3.24. The summed E-state index contributed by atoms with van der Waals surface area (Å²) >= 11 is 3.00. The van der Waals surface area contributed by atoms with Crippen LogP contribution in [0.25, 0.3) is 5.69 Å². The van der Waals surface area contributed by atoms with Gasteiger partial charge in [0.1, 0.15) is 6.33 Å². The van der Waals surface area contributed by atoms with Crippen LogP contribution in [0.4, 0.5) is 5.69 Å². The van der Waals surface area contributed by atoms with E-state index in [1.807, 2.05) is 84.3 Å². The first-order valence-corrected chi connectivity index (χ1v) is 11.2. The van der Waals surface area contributed by atoms with E-state index in [2.05, 4.69) is 27.6 Å². The molecule has 150 valence electrons. The van der Waals surface area contributed by atoms with Crippen LogP contribution in [0.2, 0.25) is 0 Å². The van der Waals surface area contributed by atoms with Gasteiger partial charge in [0.05, 0.1) is 10.9 Å². The Labute approximate surface area is 183 Å². The number of carbonyl (C=O) groups excluding carboxylic acids is 1. The molecule has 0 bridgehead atoms. The van der Waals surface area contributed by atoms with Crippen molar-refractivity contribution in [3.63, 3.8) is 0 Å². The van der Waals surface area contributed by atoms with E-state index >= 15 is 0 Å². The highest BCUT2D eigenvalue weighted by Gasteiger charge is 2.19. The second kappa shape index (κ2) is 9.65. The number of hydrogen-bond acceptors (Lipinski definition) is 5. The maximum absolute atomic E-state index is 12.9. The number of para-hydroxylation sites is 2. The van der Waals surface area contributed by atoms with Crippen molar-refractivity contribution in [3.05, 3.63) is 91.3 Å². The quantitative estimate of drug-likeness (QED) is 0.389. The van der Waals surface area contributed by atoms with Crippen molar-refractivity contribution >= 4 is 35.1 Å². The average molecular weight is 433 g/mol. The molecule has 1 N–H and O–H groups in total. The van der Waals surface area contributed by atoms with Gasteiger partial charge in [-0.05, 0) is 43.3 Å². The van der Waals surface area contributed by atoms with Gasteiger partial charge in [-0.15, -0.1) is 10.2 Å². The lowest BCUT2D eigenvalue weighted by atomic mass is 10.3. The molecular formula is C23H20N4OS2. The number of hydrogen-bond donors (Lipinski definition) is 1. The van der Waals surface area contributed by atoms with E-state index in [1.54, 1.807) is 18.1 Å². The minimum Gasteiger partial charge on any atom is -0.324 e. The predicted molar refractivity (Wildman–Crippen MR) is 122 cm³/mol. The van der Waals surface area contributed by atoms with Crippen molar-refractivity contribution < 1.29 is 4.79 Å². The van der Waals surface area contributed by atoms with Gasteiger partial charge in [0, 0.05) is 15.5 Å². The molecule has 1 aromatic heterocycles. The molecule has 4 aromatic rings. The lowest BCUT2D eigenvalue weighted by Crippen LogP contribution is -2.23.